The van der Waals surface area contributed by atoms with Crippen molar-refractivity contribution in [1.82, 2.24) is 9.97 Å². The predicted octanol–water partition coefficient (Wildman–Crippen LogP) is 1.98. The van der Waals surface area contributed by atoms with E-state index in [2.05, 4.69) is 9.97 Å². The Morgan fingerprint density at radius 1 is 0.941 bits per heavy atom. The summed E-state index contributed by atoms with van der Waals surface area (Å²) in [6.45, 7) is 0. The molecule has 0 aliphatic carbocycles. The summed E-state index contributed by atoms with van der Waals surface area (Å²) < 4.78 is 0. The highest BCUT2D eigenvalue weighted by Gasteiger charge is 2.05. The van der Waals surface area contributed by atoms with Crippen LogP contribution in [0.4, 0.5) is 0 Å². The Balaban J connectivity index is 1.80. The van der Waals surface area contributed by atoms with E-state index in [0.29, 0.717) is 0 Å². The van der Waals surface area contributed by atoms with Gasteiger partial charge in [0.1, 0.15) is 0 Å². The molecule has 0 amide bonds. The number of aromatic nitrogens is 2. The summed E-state index contributed by atoms with van der Waals surface area (Å²) in [7, 11) is 0. The first-order valence-electron chi connectivity index (χ1n) is 5.90. The zero-order valence-electron chi connectivity index (χ0n) is 9.79. The van der Waals surface area contributed by atoms with Gasteiger partial charge in [-0.1, -0.05) is 12.1 Å². The Bertz CT molecular complexity index is 428. The van der Waals surface area contributed by atoms with Gasteiger partial charge < -0.3 is 5.73 Å². The molecule has 2 heterocycles. The number of pyridine rings is 2. The average molecular weight is 227 g/mol. The van der Waals surface area contributed by atoms with Gasteiger partial charge in [-0.2, -0.15) is 0 Å². The van der Waals surface area contributed by atoms with Crippen LogP contribution in [0, 0.1) is 0 Å². The minimum atomic E-state index is 0.145. The first-order chi connectivity index (χ1) is 8.34. The molecule has 1 atom stereocenters. The van der Waals surface area contributed by atoms with E-state index in [0.717, 1.165) is 30.7 Å². The molecule has 0 aromatic carbocycles. The van der Waals surface area contributed by atoms with Gasteiger partial charge in [0.2, 0.25) is 0 Å². The van der Waals surface area contributed by atoms with Crippen LogP contribution in [0.1, 0.15) is 17.8 Å². The lowest BCUT2D eigenvalue weighted by Gasteiger charge is -2.10. The summed E-state index contributed by atoms with van der Waals surface area (Å²) in [4.78, 5) is 8.56. The maximum Gasteiger partial charge on any atom is 0.0419 e. The van der Waals surface area contributed by atoms with E-state index < -0.39 is 0 Å². The molecule has 2 rings (SSSR count). The van der Waals surface area contributed by atoms with E-state index in [-0.39, 0.29) is 6.04 Å². The second-order valence-corrected chi connectivity index (χ2v) is 4.15. The van der Waals surface area contributed by atoms with E-state index in [9.17, 15) is 0 Å². The maximum atomic E-state index is 6.09. The summed E-state index contributed by atoms with van der Waals surface area (Å²) in [5, 5.41) is 0. The standard InChI is InChI=1S/C14H17N3/c15-12(11-14-6-2-4-10-17-14)7-8-13-5-1-3-9-16-13/h1-6,9-10,12H,7-8,11,15H2. The average Bonchev–Trinajstić information content (AvgIpc) is 2.39. The van der Waals surface area contributed by atoms with Crippen molar-refractivity contribution in [2.24, 2.45) is 5.73 Å². The van der Waals surface area contributed by atoms with Crippen LogP contribution in [-0.2, 0) is 12.8 Å². The Morgan fingerprint density at radius 2 is 1.59 bits per heavy atom. The highest BCUT2D eigenvalue weighted by molar-refractivity contribution is 5.06. The molecule has 0 fully saturated rings. The summed E-state index contributed by atoms with van der Waals surface area (Å²) in [5.74, 6) is 0. The van der Waals surface area contributed by atoms with Crippen LogP contribution in [0.15, 0.2) is 48.8 Å². The highest BCUT2D eigenvalue weighted by atomic mass is 14.7. The molecule has 1 unspecified atom stereocenters. The van der Waals surface area contributed by atoms with E-state index in [1.165, 1.54) is 0 Å². The molecule has 0 saturated carbocycles. The lowest BCUT2D eigenvalue weighted by Crippen LogP contribution is -2.24. The lowest BCUT2D eigenvalue weighted by molar-refractivity contribution is 0.598. The minimum absolute atomic E-state index is 0.145. The molecule has 0 radical (unpaired) electrons. The van der Waals surface area contributed by atoms with Gasteiger partial charge in [-0.05, 0) is 37.1 Å². The smallest absolute Gasteiger partial charge is 0.0419 e. The first-order valence-corrected chi connectivity index (χ1v) is 5.90. The lowest BCUT2D eigenvalue weighted by atomic mass is 10.0. The van der Waals surface area contributed by atoms with Crippen molar-refractivity contribution in [3.05, 3.63) is 60.2 Å². The molecular weight excluding hydrogens is 210 g/mol. The van der Waals surface area contributed by atoms with Crippen molar-refractivity contribution in [1.29, 1.82) is 0 Å². The SMILES string of the molecule is NC(CCc1ccccn1)Cc1ccccn1. The second-order valence-electron chi connectivity index (χ2n) is 4.15. The van der Waals surface area contributed by atoms with E-state index in [4.69, 9.17) is 5.73 Å². The molecule has 2 aromatic rings. The minimum Gasteiger partial charge on any atom is -0.327 e. The van der Waals surface area contributed by atoms with Crippen LogP contribution < -0.4 is 5.73 Å². The maximum absolute atomic E-state index is 6.09. The molecule has 2 aromatic heterocycles. The predicted molar refractivity (Wildman–Crippen MR) is 68.5 cm³/mol. The van der Waals surface area contributed by atoms with Crippen LogP contribution in [0.25, 0.3) is 0 Å². The van der Waals surface area contributed by atoms with Crippen molar-refractivity contribution < 1.29 is 0 Å². The van der Waals surface area contributed by atoms with Crippen LogP contribution in [0.5, 0.6) is 0 Å². The number of hydrogen-bond donors (Lipinski definition) is 1. The van der Waals surface area contributed by atoms with Gasteiger partial charge in [-0.25, -0.2) is 0 Å². The number of rotatable bonds is 5. The quantitative estimate of drug-likeness (QED) is 0.849. The van der Waals surface area contributed by atoms with Gasteiger partial charge in [-0.3, -0.25) is 9.97 Å². The van der Waals surface area contributed by atoms with E-state index >= 15 is 0 Å². The Labute approximate surface area is 102 Å². The van der Waals surface area contributed by atoms with Gasteiger partial charge in [0, 0.05) is 36.2 Å². The molecule has 0 aliphatic heterocycles. The van der Waals surface area contributed by atoms with Crippen LogP contribution >= 0.6 is 0 Å². The summed E-state index contributed by atoms with van der Waals surface area (Å²) in [6.07, 6.45) is 6.32. The third-order valence-corrected chi connectivity index (χ3v) is 2.69. The highest BCUT2D eigenvalue weighted by Crippen LogP contribution is 2.05. The van der Waals surface area contributed by atoms with Crippen molar-refractivity contribution in [3.63, 3.8) is 0 Å². The van der Waals surface area contributed by atoms with Gasteiger partial charge in [0.25, 0.3) is 0 Å². The topological polar surface area (TPSA) is 51.8 Å². The fourth-order valence-corrected chi connectivity index (χ4v) is 1.77. The fraction of sp³-hybridized carbons (Fsp3) is 0.286. The molecular formula is C14H17N3. The van der Waals surface area contributed by atoms with Gasteiger partial charge in [-0.15, -0.1) is 0 Å². The molecule has 0 spiro atoms. The molecule has 2 N–H and O–H groups in total. The number of nitrogens with two attached hydrogens (primary N) is 1. The molecule has 88 valence electrons. The van der Waals surface area contributed by atoms with Crippen LogP contribution in [0.3, 0.4) is 0 Å². The molecule has 17 heavy (non-hydrogen) atoms. The largest absolute Gasteiger partial charge is 0.327 e. The third kappa shape index (κ3) is 3.96. The summed E-state index contributed by atoms with van der Waals surface area (Å²) >= 11 is 0. The number of aryl methyl sites for hydroxylation is 1. The molecule has 0 bridgehead atoms. The first kappa shape index (κ1) is 11.7. The van der Waals surface area contributed by atoms with Crippen molar-refractivity contribution in [3.8, 4) is 0 Å². The monoisotopic (exact) mass is 227 g/mol. The fourth-order valence-electron chi connectivity index (χ4n) is 1.77. The Kier molecular flexibility index (Phi) is 4.22. The number of nitrogens with zero attached hydrogens (tertiary/aromatic N) is 2. The summed E-state index contributed by atoms with van der Waals surface area (Å²) in [5.41, 5.74) is 8.24. The van der Waals surface area contributed by atoms with Crippen molar-refractivity contribution in [2.45, 2.75) is 25.3 Å². The zero-order chi connectivity index (χ0) is 11.9. The summed E-state index contributed by atoms with van der Waals surface area (Å²) in [6, 6.07) is 12.0. The van der Waals surface area contributed by atoms with Gasteiger partial charge >= 0.3 is 0 Å². The normalized spacial score (nSPS) is 12.3. The van der Waals surface area contributed by atoms with Gasteiger partial charge in [0.05, 0.1) is 0 Å². The van der Waals surface area contributed by atoms with E-state index in [1.54, 1.807) is 6.20 Å². The van der Waals surface area contributed by atoms with E-state index in [1.807, 2.05) is 42.6 Å². The molecule has 3 heteroatoms. The Morgan fingerprint density at radius 3 is 2.18 bits per heavy atom. The van der Waals surface area contributed by atoms with Crippen molar-refractivity contribution in [2.75, 3.05) is 0 Å². The second kappa shape index (κ2) is 6.11. The van der Waals surface area contributed by atoms with Gasteiger partial charge in [0.15, 0.2) is 0 Å². The molecule has 0 saturated heterocycles. The van der Waals surface area contributed by atoms with Crippen LogP contribution in [0.2, 0.25) is 0 Å². The molecule has 0 aliphatic rings. The van der Waals surface area contributed by atoms with Crippen LogP contribution in [-0.4, -0.2) is 16.0 Å². The zero-order valence-corrected chi connectivity index (χ0v) is 9.79. The number of hydrogen-bond acceptors (Lipinski definition) is 3. The Hall–Kier alpha value is -1.74. The van der Waals surface area contributed by atoms with Crippen molar-refractivity contribution >= 4 is 0 Å². The molecule has 3 nitrogen and oxygen atoms in total. The third-order valence-electron chi connectivity index (χ3n) is 2.69.